The van der Waals surface area contributed by atoms with E-state index < -0.39 is 6.61 Å². The number of aryl methyl sites for hydroxylation is 1. The fraction of sp³-hybridized carbons (Fsp3) is 0.167. The summed E-state index contributed by atoms with van der Waals surface area (Å²) in [5, 5.41) is 3.13. The van der Waals surface area contributed by atoms with E-state index in [1.807, 2.05) is 0 Å². The van der Waals surface area contributed by atoms with Crippen molar-refractivity contribution < 1.29 is 13.5 Å². The van der Waals surface area contributed by atoms with Gasteiger partial charge in [-0.3, -0.25) is 0 Å². The van der Waals surface area contributed by atoms with Crippen LogP contribution in [0.5, 0.6) is 5.75 Å². The van der Waals surface area contributed by atoms with Crippen LogP contribution in [0, 0.1) is 6.92 Å². The molecule has 4 nitrogen and oxygen atoms in total. The molecule has 1 aromatic heterocycles. The van der Waals surface area contributed by atoms with Gasteiger partial charge >= 0.3 is 6.61 Å². The van der Waals surface area contributed by atoms with Crippen molar-refractivity contribution in [3.63, 3.8) is 0 Å². The molecule has 0 fully saturated rings. The number of halogens is 3. The zero-order valence-electron chi connectivity index (χ0n) is 9.90. The van der Waals surface area contributed by atoms with Crippen LogP contribution >= 0.6 is 11.6 Å². The fourth-order valence-electron chi connectivity index (χ4n) is 1.50. The van der Waals surface area contributed by atoms with Gasteiger partial charge in [-0.2, -0.15) is 8.78 Å². The summed E-state index contributed by atoms with van der Waals surface area (Å²) in [5.74, 6) is 0.912. The van der Waals surface area contributed by atoms with E-state index >= 15 is 0 Å². The molecule has 0 aliphatic rings. The van der Waals surface area contributed by atoms with E-state index in [2.05, 4.69) is 20.0 Å². The summed E-state index contributed by atoms with van der Waals surface area (Å²) in [5.41, 5.74) is 0.372. The van der Waals surface area contributed by atoms with Crippen molar-refractivity contribution in [1.29, 1.82) is 0 Å². The number of benzene rings is 1. The van der Waals surface area contributed by atoms with Gasteiger partial charge in [-0.1, -0.05) is 23.7 Å². The van der Waals surface area contributed by atoms with Crippen LogP contribution in [0.3, 0.4) is 0 Å². The number of rotatable bonds is 4. The summed E-state index contributed by atoms with van der Waals surface area (Å²) < 4.78 is 28.9. The molecule has 0 aliphatic carbocycles. The smallest absolute Gasteiger partial charge is 0.387 e. The molecule has 0 saturated heterocycles. The second kappa shape index (κ2) is 5.79. The lowest BCUT2D eigenvalue weighted by Gasteiger charge is -2.12. The van der Waals surface area contributed by atoms with Crippen molar-refractivity contribution in [1.82, 2.24) is 9.97 Å². The van der Waals surface area contributed by atoms with E-state index in [9.17, 15) is 8.78 Å². The van der Waals surface area contributed by atoms with Crippen molar-refractivity contribution in [2.24, 2.45) is 0 Å². The van der Waals surface area contributed by atoms with Crippen LogP contribution in [0.25, 0.3) is 0 Å². The van der Waals surface area contributed by atoms with Crippen LogP contribution in [-0.4, -0.2) is 16.6 Å². The molecular weight excluding hydrogens is 276 g/mol. The summed E-state index contributed by atoms with van der Waals surface area (Å²) in [4.78, 5) is 8.01. The molecule has 2 rings (SSSR count). The van der Waals surface area contributed by atoms with Gasteiger partial charge in [0.05, 0.1) is 5.69 Å². The molecule has 1 heterocycles. The van der Waals surface area contributed by atoms with E-state index in [1.165, 1.54) is 12.1 Å². The predicted molar refractivity (Wildman–Crippen MR) is 68.1 cm³/mol. The Hall–Kier alpha value is -1.95. The zero-order chi connectivity index (χ0) is 13.8. The van der Waals surface area contributed by atoms with Crippen molar-refractivity contribution in [2.45, 2.75) is 13.5 Å². The van der Waals surface area contributed by atoms with Crippen LogP contribution in [0.15, 0.2) is 30.3 Å². The first kappa shape index (κ1) is 13.5. The molecule has 1 N–H and O–H groups in total. The van der Waals surface area contributed by atoms with E-state index in [0.717, 1.165) is 0 Å². The Labute approximate surface area is 113 Å². The fourth-order valence-corrected chi connectivity index (χ4v) is 1.73. The highest BCUT2D eigenvalue weighted by Gasteiger charge is 2.10. The number of aromatic nitrogens is 2. The third-order valence-corrected chi connectivity index (χ3v) is 2.37. The van der Waals surface area contributed by atoms with Gasteiger partial charge in [0.1, 0.15) is 22.5 Å². The number of ether oxygens (including phenoxy) is 1. The lowest BCUT2D eigenvalue weighted by Crippen LogP contribution is -2.05. The second-order valence-corrected chi connectivity index (χ2v) is 4.01. The summed E-state index contributed by atoms with van der Waals surface area (Å²) in [6, 6.07) is 7.82. The van der Waals surface area contributed by atoms with Gasteiger partial charge in [-0.15, -0.1) is 0 Å². The Bertz CT molecular complexity index is 560. The SMILES string of the molecule is Cc1nc(Cl)cc(Nc2ccccc2OC(F)F)n1. The van der Waals surface area contributed by atoms with Crippen molar-refractivity contribution in [2.75, 3.05) is 5.32 Å². The first-order valence-corrected chi connectivity index (χ1v) is 5.74. The predicted octanol–water partition coefficient (Wildman–Crippen LogP) is 3.78. The number of para-hydroxylation sites is 2. The van der Waals surface area contributed by atoms with Crippen LogP contribution in [0.2, 0.25) is 5.15 Å². The minimum atomic E-state index is -2.89. The van der Waals surface area contributed by atoms with Crippen LogP contribution in [0.1, 0.15) is 5.82 Å². The molecule has 100 valence electrons. The van der Waals surface area contributed by atoms with Crippen LogP contribution < -0.4 is 10.1 Å². The van der Waals surface area contributed by atoms with Crippen LogP contribution in [-0.2, 0) is 0 Å². The summed E-state index contributed by atoms with van der Waals surface area (Å²) in [6.45, 7) is -1.21. The van der Waals surface area contributed by atoms with E-state index in [4.69, 9.17) is 11.6 Å². The molecule has 0 unspecified atom stereocenters. The minimum absolute atomic E-state index is 0.0323. The Balaban J connectivity index is 2.27. The Morgan fingerprint density at radius 1 is 1.26 bits per heavy atom. The normalized spacial score (nSPS) is 10.6. The zero-order valence-corrected chi connectivity index (χ0v) is 10.7. The molecule has 0 bridgehead atoms. The standard InChI is InChI=1S/C12H10ClF2N3O/c1-7-16-10(13)6-11(17-7)18-8-4-2-3-5-9(8)19-12(14)15/h2-6,12H,1H3,(H,16,17,18). The Morgan fingerprint density at radius 3 is 2.68 bits per heavy atom. The van der Waals surface area contributed by atoms with E-state index in [-0.39, 0.29) is 10.9 Å². The maximum Gasteiger partial charge on any atom is 0.387 e. The van der Waals surface area contributed by atoms with Gasteiger partial charge in [0.15, 0.2) is 0 Å². The molecule has 0 radical (unpaired) electrons. The van der Waals surface area contributed by atoms with Gasteiger partial charge in [-0.05, 0) is 19.1 Å². The highest BCUT2D eigenvalue weighted by atomic mass is 35.5. The minimum Gasteiger partial charge on any atom is -0.433 e. The van der Waals surface area contributed by atoms with Crippen molar-refractivity contribution in [3.8, 4) is 5.75 Å². The average Bonchev–Trinajstić information content (AvgIpc) is 2.29. The van der Waals surface area contributed by atoms with E-state index in [0.29, 0.717) is 17.3 Å². The first-order valence-electron chi connectivity index (χ1n) is 5.36. The van der Waals surface area contributed by atoms with Gasteiger partial charge in [0, 0.05) is 6.07 Å². The number of nitrogens with one attached hydrogen (secondary N) is 1. The molecule has 0 spiro atoms. The summed E-state index contributed by atoms with van der Waals surface area (Å²) in [6.07, 6.45) is 0. The topological polar surface area (TPSA) is 47.0 Å². The monoisotopic (exact) mass is 285 g/mol. The average molecular weight is 286 g/mol. The molecular formula is C12H10ClF2N3O. The molecule has 1 aromatic carbocycles. The quantitative estimate of drug-likeness (QED) is 0.868. The number of nitrogens with zero attached hydrogens (tertiary/aromatic N) is 2. The highest BCUT2D eigenvalue weighted by Crippen LogP contribution is 2.28. The third-order valence-electron chi connectivity index (χ3n) is 2.17. The summed E-state index contributed by atoms with van der Waals surface area (Å²) in [7, 11) is 0. The van der Waals surface area contributed by atoms with Gasteiger partial charge < -0.3 is 10.1 Å². The molecule has 0 atom stereocenters. The second-order valence-electron chi connectivity index (χ2n) is 3.62. The highest BCUT2D eigenvalue weighted by molar-refractivity contribution is 6.29. The first-order chi connectivity index (χ1) is 9.04. The molecule has 19 heavy (non-hydrogen) atoms. The third kappa shape index (κ3) is 3.75. The maximum atomic E-state index is 12.3. The number of hydrogen-bond donors (Lipinski definition) is 1. The summed E-state index contributed by atoms with van der Waals surface area (Å²) >= 11 is 5.80. The number of anilines is 2. The van der Waals surface area contributed by atoms with Gasteiger partial charge in [0.25, 0.3) is 0 Å². The number of hydrogen-bond acceptors (Lipinski definition) is 4. The van der Waals surface area contributed by atoms with Crippen LogP contribution in [0.4, 0.5) is 20.3 Å². The Kier molecular flexibility index (Phi) is 4.11. The van der Waals surface area contributed by atoms with Gasteiger partial charge in [0.2, 0.25) is 0 Å². The Morgan fingerprint density at radius 2 is 2.00 bits per heavy atom. The number of alkyl halides is 2. The maximum absolute atomic E-state index is 12.3. The van der Waals surface area contributed by atoms with E-state index in [1.54, 1.807) is 25.1 Å². The molecule has 0 amide bonds. The van der Waals surface area contributed by atoms with Crippen molar-refractivity contribution >= 4 is 23.1 Å². The lowest BCUT2D eigenvalue weighted by atomic mass is 10.3. The van der Waals surface area contributed by atoms with Crippen molar-refractivity contribution in [3.05, 3.63) is 41.3 Å². The molecule has 7 heteroatoms. The molecule has 0 saturated carbocycles. The molecule has 2 aromatic rings. The van der Waals surface area contributed by atoms with Gasteiger partial charge in [-0.25, -0.2) is 9.97 Å². The lowest BCUT2D eigenvalue weighted by molar-refractivity contribution is -0.0493. The molecule has 0 aliphatic heterocycles. The largest absolute Gasteiger partial charge is 0.433 e.